The van der Waals surface area contributed by atoms with Gasteiger partial charge in [-0.25, -0.2) is 0 Å². The Hall–Kier alpha value is -1.20. The van der Waals surface area contributed by atoms with Gasteiger partial charge in [-0.1, -0.05) is 13.8 Å². The van der Waals surface area contributed by atoms with Crippen LogP contribution < -0.4 is 15.8 Å². The third-order valence-corrected chi connectivity index (χ3v) is 4.88. The number of benzene rings is 1. The van der Waals surface area contributed by atoms with Crippen LogP contribution in [0, 0.1) is 0 Å². The van der Waals surface area contributed by atoms with Gasteiger partial charge in [0.05, 0.1) is 12.4 Å². The number of ether oxygens (including phenoxy) is 1. The van der Waals surface area contributed by atoms with Crippen molar-refractivity contribution in [3.63, 3.8) is 0 Å². The van der Waals surface area contributed by atoms with E-state index in [1.165, 1.54) is 11.8 Å². The molecule has 5 heteroatoms. The Morgan fingerprint density at radius 1 is 1.33 bits per heavy atom. The van der Waals surface area contributed by atoms with Crippen LogP contribution >= 0.6 is 11.8 Å². The van der Waals surface area contributed by atoms with Gasteiger partial charge in [0.1, 0.15) is 5.75 Å². The topological polar surface area (TPSA) is 64.3 Å². The lowest BCUT2D eigenvalue weighted by molar-refractivity contribution is -0.120. The Balaban J connectivity index is 2.50. The zero-order valence-electron chi connectivity index (χ0n) is 13.3. The highest BCUT2D eigenvalue weighted by atomic mass is 32.2. The van der Waals surface area contributed by atoms with Crippen LogP contribution in [0.1, 0.15) is 33.6 Å². The van der Waals surface area contributed by atoms with Gasteiger partial charge in [-0.05, 0) is 44.0 Å². The van der Waals surface area contributed by atoms with E-state index in [0.29, 0.717) is 6.54 Å². The largest absolute Gasteiger partial charge is 0.497 e. The lowest BCUT2D eigenvalue weighted by Gasteiger charge is -2.27. The Morgan fingerprint density at radius 2 is 1.90 bits per heavy atom. The van der Waals surface area contributed by atoms with Crippen molar-refractivity contribution in [2.45, 2.75) is 49.3 Å². The lowest BCUT2D eigenvalue weighted by atomic mass is 9.94. The van der Waals surface area contributed by atoms with E-state index in [1.807, 2.05) is 45.0 Å². The van der Waals surface area contributed by atoms with Gasteiger partial charge >= 0.3 is 0 Å². The molecule has 118 valence electrons. The normalized spacial score (nSPS) is 12.8. The fourth-order valence-corrected chi connectivity index (χ4v) is 2.71. The molecule has 0 fully saturated rings. The van der Waals surface area contributed by atoms with Crippen molar-refractivity contribution >= 4 is 17.7 Å². The third-order valence-electron chi connectivity index (χ3n) is 3.76. The van der Waals surface area contributed by atoms with Gasteiger partial charge in [0.25, 0.3) is 0 Å². The van der Waals surface area contributed by atoms with Crippen molar-refractivity contribution in [1.29, 1.82) is 0 Å². The highest BCUT2D eigenvalue weighted by Gasteiger charge is 2.22. The minimum absolute atomic E-state index is 0.0209. The fraction of sp³-hybridized carbons (Fsp3) is 0.562. The lowest BCUT2D eigenvalue weighted by Crippen LogP contribution is -2.50. The first-order valence-corrected chi connectivity index (χ1v) is 8.19. The standard InChI is InChI=1S/C16H26N2O2S/c1-5-16(17,6-2)11-18-15(19)12(3)21-14-9-7-13(20-4)8-10-14/h7-10,12H,5-6,11,17H2,1-4H3,(H,18,19). The maximum absolute atomic E-state index is 12.1. The van der Waals surface area contributed by atoms with Crippen molar-refractivity contribution in [2.75, 3.05) is 13.7 Å². The minimum atomic E-state index is -0.305. The second-order valence-electron chi connectivity index (χ2n) is 5.22. The average molecular weight is 310 g/mol. The quantitative estimate of drug-likeness (QED) is 0.725. The Labute approximate surface area is 131 Å². The summed E-state index contributed by atoms with van der Waals surface area (Å²) in [6.45, 7) is 6.52. The summed E-state index contributed by atoms with van der Waals surface area (Å²) in [7, 11) is 1.64. The molecular weight excluding hydrogens is 284 g/mol. The second kappa shape index (κ2) is 8.29. The van der Waals surface area contributed by atoms with E-state index in [4.69, 9.17) is 10.5 Å². The zero-order chi connectivity index (χ0) is 15.9. The first-order valence-electron chi connectivity index (χ1n) is 7.31. The molecule has 0 aliphatic carbocycles. The summed E-state index contributed by atoms with van der Waals surface area (Å²) in [5.41, 5.74) is 5.89. The second-order valence-corrected chi connectivity index (χ2v) is 6.64. The van der Waals surface area contributed by atoms with Gasteiger partial charge < -0.3 is 15.8 Å². The summed E-state index contributed by atoms with van der Waals surface area (Å²) in [6.07, 6.45) is 1.70. The number of rotatable bonds is 8. The molecule has 0 aliphatic rings. The average Bonchev–Trinajstić information content (AvgIpc) is 2.52. The number of methoxy groups -OCH3 is 1. The molecule has 0 saturated carbocycles. The van der Waals surface area contributed by atoms with Crippen LogP contribution in [0.15, 0.2) is 29.2 Å². The highest BCUT2D eigenvalue weighted by Crippen LogP contribution is 2.25. The molecule has 1 amide bonds. The maximum atomic E-state index is 12.1. The summed E-state index contributed by atoms with van der Waals surface area (Å²) in [4.78, 5) is 13.2. The SMILES string of the molecule is CCC(N)(CC)CNC(=O)C(C)Sc1ccc(OC)cc1. The number of carbonyl (C=O) groups is 1. The van der Waals surface area contributed by atoms with E-state index in [1.54, 1.807) is 7.11 Å². The van der Waals surface area contributed by atoms with Crippen LogP contribution in [0.5, 0.6) is 5.75 Å². The number of amides is 1. The molecule has 1 atom stereocenters. The molecule has 0 heterocycles. The molecule has 0 spiro atoms. The Morgan fingerprint density at radius 3 is 2.38 bits per heavy atom. The van der Waals surface area contributed by atoms with E-state index in [2.05, 4.69) is 5.32 Å². The third kappa shape index (κ3) is 5.59. The predicted octanol–water partition coefficient (Wildman–Crippen LogP) is 2.81. The van der Waals surface area contributed by atoms with E-state index in [9.17, 15) is 4.79 Å². The summed E-state index contributed by atoms with van der Waals surface area (Å²) in [5.74, 6) is 0.836. The minimum Gasteiger partial charge on any atom is -0.497 e. The molecule has 0 radical (unpaired) electrons. The molecule has 4 nitrogen and oxygen atoms in total. The number of hydrogen-bond donors (Lipinski definition) is 2. The molecule has 21 heavy (non-hydrogen) atoms. The van der Waals surface area contributed by atoms with E-state index >= 15 is 0 Å². The van der Waals surface area contributed by atoms with Crippen LogP contribution in [0.25, 0.3) is 0 Å². The number of hydrogen-bond acceptors (Lipinski definition) is 4. The van der Waals surface area contributed by atoms with Crippen LogP contribution in [0.3, 0.4) is 0 Å². The Bertz CT molecular complexity index is 444. The molecule has 3 N–H and O–H groups in total. The fourth-order valence-electron chi connectivity index (χ4n) is 1.82. The van der Waals surface area contributed by atoms with Crippen molar-refractivity contribution in [3.8, 4) is 5.75 Å². The highest BCUT2D eigenvalue weighted by molar-refractivity contribution is 8.00. The van der Waals surface area contributed by atoms with E-state index < -0.39 is 0 Å². The van der Waals surface area contributed by atoms with Crippen LogP contribution in [-0.2, 0) is 4.79 Å². The molecule has 1 rings (SSSR count). The molecular formula is C16H26N2O2S. The van der Waals surface area contributed by atoms with Gasteiger partial charge in [0.15, 0.2) is 0 Å². The summed E-state index contributed by atoms with van der Waals surface area (Å²) in [6, 6.07) is 7.70. The molecule has 1 unspecified atom stereocenters. The zero-order valence-corrected chi connectivity index (χ0v) is 14.1. The van der Waals surface area contributed by atoms with E-state index in [-0.39, 0.29) is 16.7 Å². The molecule has 0 aromatic heterocycles. The van der Waals surface area contributed by atoms with Gasteiger partial charge in [-0.15, -0.1) is 11.8 Å². The summed E-state index contributed by atoms with van der Waals surface area (Å²) < 4.78 is 5.12. The smallest absolute Gasteiger partial charge is 0.233 e. The number of thioether (sulfide) groups is 1. The Kier molecular flexibility index (Phi) is 7.05. The first-order chi connectivity index (χ1) is 9.94. The van der Waals surface area contributed by atoms with Gasteiger partial charge in [0.2, 0.25) is 5.91 Å². The first kappa shape index (κ1) is 17.9. The van der Waals surface area contributed by atoms with Crippen molar-refractivity contribution < 1.29 is 9.53 Å². The van der Waals surface area contributed by atoms with Crippen molar-refractivity contribution in [2.24, 2.45) is 5.73 Å². The molecule has 1 aromatic carbocycles. The van der Waals surface area contributed by atoms with Crippen LogP contribution in [-0.4, -0.2) is 30.4 Å². The van der Waals surface area contributed by atoms with Gasteiger partial charge in [0, 0.05) is 17.0 Å². The van der Waals surface area contributed by atoms with Gasteiger partial charge in [-0.2, -0.15) is 0 Å². The van der Waals surface area contributed by atoms with Crippen LogP contribution in [0.4, 0.5) is 0 Å². The van der Waals surface area contributed by atoms with Gasteiger partial charge in [-0.3, -0.25) is 4.79 Å². The summed E-state index contributed by atoms with van der Waals surface area (Å²) in [5, 5.41) is 2.80. The molecule has 0 bridgehead atoms. The number of nitrogens with one attached hydrogen (secondary N) is 1. The van der Waals surface area contributed by atoms with Crippen molar-refractivity contribution in [3.05, 3.63) is 24.3 Å². The van der Waals surface area contributed by atoms with Crippen LogP contribution in [0.2, 0.25) is 0 Å². The van der Waals surface area contributed by atoms with Crippen molar-refractivity contribution in [1.82, 2.24) is 5.32 Å². The molecule has 0 saturated heterocycles. The number of nitrogens with two attached hydrogens (primary N) is 1. The monoisotopic (exact) mass is 310 g/mol. The molecule has 1 aromatic rings. The number of carbonyl (C=O) groups excluding carboxylic acids is 1. The maximum Gasteiger partial charge on any atom is 0.233 e. The molecule has 0 aliphatic heterocycles. The van der Waals surface area contributed by atoms with E-state index in [0.717, 1.165) is 23.5 Å². The summed E-state index contributed by atoms with van der Waals surface area (Å²) >= 11 is 1.53. The predicted molar refractivity (Wildman–Crippen MR) is 88.8 cm³/mol.